The maximum Gasteiger partial charge on any atom is 0.133 e. The maximum atomic E-state index is 5.90. The first-order chi connectivity index (χ1) is 8.49. The molecule has 0 bridgehead atoms. The van der Waals surface area contributed by atoms with E-state index in [1.54, 1.807) is 0 Å². The van der Waals surface area contributed by atoms with Gasteiger partial charge in [-0.15, -0.1) is 0 Å². The van der Waals surface area contributed by atoms with Crippen LogP contribution < -0.4 is 10.6 Å². The van der Waals surface area contributed by atoms with E-state index in [1.165, 1.54) is 23.2 Å². The predicted molar refractivity (Wildman–Crippen MR) is 76.9 cm³/mol. The van der Waals surface area contributed by atoms with Crippen LogP contribution in [-0.2, 0) is 19.4 Å². The van der Waals surface area contributed by atoms with Crippen molar-refractivity contribution in [3.63, 3.8) is 0 Å². The number of hydrogen-bond donors (Lipinski definition) is 1. The number of nitrogens with zero attached hydrogens (tertiary/aromatic N) is 2. The Hall–Kier alpha value is -1.09. The molecule has 3 nitrogen and oxygen atoms in total. The minimum atomic E-state index is 0.115. The zero-order chi connectivity index (χ0) is 13.3. The Labute approximate surface area is 110 Å². The van der Waals surface area contributed by atoms with Crippen molar-refractivity contribution in [3.05, 3.63) is 22.9 Å². The number of aromatic nitrogens is 1. The van der Waals surface area contributed by atoms with Crippen molar-refractivity contribution in [1.29, 1.82) is 0 Å². The van der Waals surface area contributed by atoms with Crippen molar-refractivity contribution in [3.8, 4) is 0 Å². The molecule has 2 N–H and O–H groups in total. The summed E-state index contributed by atoms with van der Waals surface area (Å²) < 4.78 is 0. The highest BCUT2D eigenvalue weighted by Crippen LogP contribution is 2.30. The first-order valence-electron chi connectivity index (χ1n) is 6.95. The quantitative estimate of drug-likeness (QED) is 0.889. The summed E-state index contributed by atoms with van der Waals surface area (Å²) in [6.07, 6.45) is 4.60. The van der Waals surface area contributed by atoms with E-state index in [-0.39, 0.29) is 5.54 Å². The van der Waals surface area contributed by atoms with Gasteiger partial charge in [0.15, 0.2) is 0 Å². The van der Waals surface area contributed by atoms with Crippen LogP contribution >= 0.6 is 0 Å². The van der Waals surface area contributed by atoms with Gasteiger partial charge in [0.1, 0.15) is 5.82 Å². The summed E-state index contributed by atoms with van der Waals surface area (Å²) in [6, 6.07) is 2.27. The van der Waals surface area contributed by atoms with E-state index in [2.05, 4.69) is 38.8 Å². The van der Waals surface area contributed by atoms with Crippen molar-refractivity contribution >= 4 is 5.82 Å². The zero-order valence-corrected chi connectivity index (χ0v) is 12.1. The summed E-state index contributed by atoms with van der Waals surface area (Å²) >= 11 is 0. The smallest absolute Gasteiger partial charge is 0.133 e. The second-order valence-corrected chi connectivity index (χ2v) is 5.86. The molecular weight excluding hydrogens is 222 g/mol. The van der Waals surface area contributed by atoms with Gasteiger partial charge in [0.05, 0.1) is 0 Å². The third-order valence-corrected chi connectivity index (χ3v) is 4.42. The van der Waals surface area contributed by atoms with E-state index in [1.807, 2.05) is 0 Å². The Bertz CT molecular complexity index is 438. The first kappa shape index (κ1) is 13.3. The number of aryl methyl sites for hydroxylation is 2. The van der Waals surface area contributed by atoms with Crippen LogP contribution in [0.4, 0.5) is 5.82 Å². The number of nitrogens with two attached hydrogens (primary N) is 1. The molecule has 0 saturated heterocycles. The van der Waals surface area contributed by atoms with Gasteiger partial charge in [-0.05, 0) is 51.2 Å². The molecule has 0 atom stereocenters. The SMILES string of the molecule is CCC(C)(C)N(C)c1nc2c(cc1CN)CCC2. The summed E-state index contributed by atoms with van der Waals surface area (Å²) in [5.41, 5.74) is 9.88. The van der Waals surface area contributed by atoms with Crippen LogP contribution in [0.25, 0.3) is 0 Å². The fourth-order valence-electron chi connectivity index (χ4n) is 2.47. The van der Waals surface area contributed by atoms with Gasteiger partial charge in [0.2, 0.25) is 0 Å². The second-order valence-electron chi connectivity index (χ2n) is 5.86. The first-order valence-corrected chi connectivity index (χ1v) is 6.95. The molecule has 0 amide bonds. The largest absolute Gasteiger partial charge is 0.354 e. The average Bonchev–Trinajstić information content (AvgIpc) is 2.83. The van der Waals surface area contributed by atoms with E-state index < -0.39 is 0 Å². The second kappa shape index (κ2) is 4.88. The predicted octanol–water partition coefficient (Wildman–Crippen LogP) is 2.65. The van der Waals surface area contributed by atoms with Gasteiger partial charge in [-0.1, -0.05) is 6.92 Å². The highest BCUT2D eigenvalue weighted by Gasteiger charge is 2.26. The Kier molecular flexibility index (Phi) is 3.62. The third-order valence-electron chi connectivity index (χ3n) is 4.42. The number of fused-ring (bicyclic) bond motifs is 1. The van der Waals surface area contributed by atoms with Gasteiger partial charge in [0, 0.05) is 30.4 Å². The number of rotatable bonds is 4. The molecule has 1 aromatic rings. The highest BCUT2D eigenvalue weighted by atomic mass is 15.2. The van der Waals surface area contributed by atoms with Crippen LogP contribution in [0.15, 0.2) is 6.07 Å². The molecule has 0 radical (unpaired) electrons. The summed E-state index contributed by atoms with van der Waals surface area (Å²) in [5.74, 6) is 1.07. The van der Waals surface area contributed by atoms with Crippen LogP contribution in [0.2, 0.25) is 0 Å². The van der Waals surface area contributed by atoms with E-state index in [0.29, 0.717) is 6.54 Å². The standard InChI is InChI=1S/C15H25N3/c1-5-15(2,3)18(4)14-12(10-16)9-11-7-6-8-13(11)17-14/h9H,5-8,10,16H2,1-4H3. The average molecular weight is 247 g/mol. The molecule has 1 aliphatic rings. The summed E-state index contributed by atoms with van der Waals surface area (Å²) in [4.78, 5) is 7.17. The van der Waals surface area contributed by atoms with Gasteiger partial charge in [-0.2, -0.15) is 0 Å². The Morgan fingerprint density at radius 2 is 2.11 bits per heavy atom. The number of hydrogen-bond acceptors (Lipinski definition) is 3. The number of anilines is 1. The fraction of sp³-hybridized carbons (Fsp3) is 0.667. The van der Waals surface area contributed by atoms with Crippen LogP contribution in [-0.4, -0.2) is 17.6 Å². The topological polar surface area (TPSA) is 42.2 Å². The van der Waals surface area contributed by atoms with Crippen LogP contribution in [0.1, 0.15) is 50.4 Å². The molecule has 0 spiro atoms. The molecule has 0 saturated carbocycles. The molecular formula is C15H25N3. The molecule has 0 aromatic carbocycles. The Morgan fingerprint density at radius 1 is 1.39 bits per heavy atom. The number of pyridine rings is 1. The van der Waals surface area contributed by atoms with E-state index in [0.717, 1.165) is 25.1 Å². The molecule has 0 unspecified atom stereocenters. The molecule has 18 heavy (non-hydrogen) atoms. The molecule has 3 heteroatoms. The van der Waals surface area contributed by atoms with Gasteiger partial charge in [0.25, 0.3) is 0 Å². The lowest BCUT2D eigenvalue weighted by Gasteiger charge is -2.37. The highest BCUT2D eigenvalue weighted by molar-refractivity contribution is 5.52. The minimum Gasteiger partial charge on any atom is -0.354 e. The Balaban J connectivity index is 2.43. The van der Waals surface area contributed by atoms with E-state index in [4.69, 9.17) is 10.7 Å². The van der Waals surface area contributed by atoms with E-state index in [9.17, 15) is 0 Å². The van der Waals surface area contributed by atoms with Crippen LogP contribution in [0.3, 0.4) is 0 Å². The van der Waals surface area contributed by atoms with Crippen molar-refractivity contribution in [2.75, 3.05) is 11.9 Å². The van der Waals surface area contributed by atoms with Crippen LogP contribution in [0, 0.1) is 0 Å². The maximum absolute atomic E-state index is 5.90. The zero-order valence-electron chi connectivity index (χ0n) is 12.1. The van der Waals surface area contributed by atoms with Crippen molar-refractivity contribution in [2.45, 2.75) is 58.5 Å². The van der Waals surface area contributed by atoms with Gasteiger partial charge >= 0.3 is 0 Å². The minimum absolute atomic E-state index is 0.115. The van der Waals surface area contributed by atoms with Gasteiger partial charge < -0.3 is 10.6 Å². The van der Waals surface area contributed by atoms with Crippen molar-refractivity contribution < 1.29 is 0 Å². The normalized spacial score (nSPS) is 14.7. The van der Waals surface area contributed by atoms with Crippen molar-refractivity contribution in [2.24, 2.45) is 5.73 Å². The molecule has 1 heterocycles. The molecule has 2 rings (SSSR count). The lowest BCUT2D eigenvalue weighted by Crippen LogP contribution is -2.41. The summed E-state index contributed by atoms with van der Waals surface area (Å²) in [5, 5.41) is 0. The Morgan fingerprint density at radius 3 is 2.72 bits per heavy atom. The lowest BCUT2D eigenvalue weighted by molar-refractivity contribution is 0.465. The molecule has 1 aliphatic carbocycles. The third kappa shape index (κ3) is 2.24. The van der Waals surface area contributed by atoms with Gasteiger partial charge in [-0.25, -0.2) is 4.98 Å². The van der Waals surface area contributed by atoms with Gasteiger partial charge in [-0.3, -0.25) is 0 Å². The fourth-order valence-corrected chi connectivity index (χ4v) is 2.47. The van der Waals surface area contributed by atoms with Crippen LogP contribution in [0.5, 0.6) is 0 Å². The van der Waals surface area contributed by atoms with Crippen molar-refractivity contribution in [1.82, 2.24) is 4.98 Å². The van der Waals surface area contributed by atoms with E-state index >= 15 is 0 Å². The molecule has 1 aromatic heterocycles. The molecule has 0 aliphatic heterocycles. The summed E-state index contributed by atoms with van der Waals surface area (Å²) in [6.45, 7) is 7.29. The molecule has 0 fully saturated rings. The monoisotopic (exact) mass is 247 g/mol. The molecule has 100 valence electrons. The summed E-state index contributed by atoms with van der Waals surface area (Å²) in [7, 11) is 2.13. The lowest BCUT2D eigenvalue weighted by atomic mass is 9.99.